The topological polar surface area (TPSA) is 73.8 Å². The molecule has 0 aliphatic carbocycles. The van der Waals surface area contributed by atoms with E-state index in [4.69, 9.17) is 5.73 Å². The van der Waals surface area contributed by atoms with Gasteiger partial charge in [-0.05, 0) is 30.7 Å². The molecule has 0 amide bonds. The van der Waals surface area contributed by atoms with Crippen molar-refractivity contribution >= 4 is 5.78 Å². The lowest BCUT2D eigenvalue weighted by atomic mass is 10.1. The SMILES string of the molecule is Cc1cc(C(=O)Cn2cc(CN)nn2)ccc1F. The Kier molecular flexibility index (Phi) is 3.47. The number of rotatable bonds is 4. The first-order valence-electron chi connectivity index (χ1n) is 5.48. The third kappa shape index (κ3) is 2.60. The van der Waals surface area contributed by atoms with Crippen LogP contribution in [0.4, 0.5) is 4.39 Å². The summed E-state index contributed by atoms with van der Waals surface area (Å²) in [5, 5.41) is 7.57. The maximum absolute atomic E-state index is 13.1. The number of carbonyl (C=O) groups is 1. The largest absolute Gasteiger partial charge is 0.325 e. The number of nitrogens with two attached hydrogens (primary N) is 1. The van der Waals surface area contributed by atoms with E-state index in [0.29, 0.717) is 16.8 Å². The molecule has 0 aliphatic rings. The molecule has 0 spiro atoms. The number of hydrogen-bond acceptors (Lipinski definition) is 4. The lowest BCUT2D eigenvalue weighted by Crippen LogP contribution is -2.11. The van der Waals surface area contributed by atoms with Crippen molar-refractivity contribution in [3.63, 3.8) is 0 Å². The Hall–Kier alpha value is -2.08. The third-order valence-electron chi connectivity index (χ3n) is 2.58. The molecule has 0 saturated carbocycles. The smallest absolute Gasteiger partial charge is 0.184 e. The molecule has 6 heteroatoms. The summed E-state index contributed by atoms with van der Waals surface area (Å²) >= 11 is 0. The van der Waals surface area contributed by atoms with Crippen LogP contribution in [0.2, 0.25) is 0 Å². The van der Waals surface area contributed by atoms with Gasteiger partial charge >= 0.3 is 0 Å². The summed E-state index contributed by atoms with van der Waals surface area (Å²) < 4.78 is 14.5. The Morgan fingerprint density at radius 2 is 2.28 bits per heavy atom. The molecular weight excluding hydrogens is 235 g/mol. The molecular formula is C12H13FN4O. The molecule has 94 valence electrons. The summed E-state index contributed by atoms with van der Waals surface area (Å²) in [6.45, 7) is 1.97. The van der Waals surface area contributed by atoms with Crippen LogP contribution in [0.5, 0.6) is 0 Å². The van der Waals surface area contributed by atoms with Crippen molar-refractivity contribution in [2.24, 2.45) is 5.73 Å². The lowest BCUT2D eigenvalue weighted by molar-refractivity contribution is 0.0967. The molecule has 0 radical (unpaired) electrons. The highest BCUT2D eigenvalue weighted by molar-refractivity contribution is 5.96. The molecule has 2 N–H and O–H groups in total. The van der Waals surface area contributed by atoms with Gasteiger partial charge in [-0.1, -0.05) is 5.21 Å². The van der Waals surface area contributed by atoms with E-state index < -0.39 is 0 Å². The van der Waals surface area contributed by atoms with E-state index >= 15 is 0 Å². The molecule has 5 nitrogen and oxygen atoms in total. The number of nitrogens with zero attached hydrogens (tertiary/aromatic N) is 3. The van der Waals surface area contributed by atoms with Crippen LogP contribution in [0.25, 0.3) is 0 Å². The minimum atomic E-state index is -0.322. The summed E-state index contributed by atoms with van der Waals surface area (Å²) in [4.78, 5) is 11.9. The van der Waals surface area contributed by atoms with Crippen molar-refractivity contribution < 1.29 is 9.18 Å². The Morgan fingerprint density at radius 3 is 2.89 bits per heavy atom. The van der Waals surface area contributed by atoms with Crippen LogP contribution < -0.4 is 5.73 Å². The van der Waals surface area contributed by atoms with Crippen LogP contribution in [0, 0.1) is 12.7 Å². The van der Waals surface area contributed by atoms with Gasteiger partial charge in [0.25, 0.3) is 0 Å². The number of aromatic nitrogens is 3. The van der Waals surface area contributed by atoms with E-state index in [9.17, 15) is 9.18 Å². The van der Waals surface area contributed by atoms with Gasteiger partial charge in [0.05, 0.1) is 11.9 Å². The van der Waals surface area contributed by atoms with Gasteiger partial charge in [-0.2, -0.15) is 0 Å². The van der Waals surface area contributed by atoms with Gasteiger partial charge in [-0.25, -0.2) is 9.07 Å². The van der Waals surface area contributed by atoms with Gasteiger partial charge in [-0.15, -0.1) is 5.10 Å². The number of Topliss-reactive ketones (excluding diaryl/α,β-unsaturated/α-hetero) is 1. The summed E-state index contributed by atoms with van der Waals surface area (Å²) in [6, 6.07) is 4.28. The van der Waals surface area contributed by atoms with Gasteiger partial charge in [-0.3, -0.25) is 4.79 Å². The summed E-state index contributed by atoms with van der Waals surface area (Å²) in [5.74, 6) is -0.468. The molecule has 0 atom stereocenters. The molecule has 0 unspecified atom stereocenters. The van der Waals surface area contributed by atoms with Crippen molar-refractivity contribution in [3.05, 3.63) is 47.0 Å². The van der Waals surface area contributed by atoms with E-state index in [1.165, 1.54) is 22.9 Å². The van der Waals surface area contributed by atoms with Gasteiger partial charge < -0.3 is 5.73 Å². The molecule has 1 aromatic heterocycles. The highest BCUT2D eigenvalue weighted by atomic mass is 19.1. The van der Waals surface area contributed by atoms with Crippen molar-refractivity contribution in [1.82, 2.24) is 15.0 Å². The van der Waals surface area contributed by atoms with Crippen molar-refractivity contribution in [3.8, 4) is 0 Å². The average Bonchev–Trinajstić information content (AvgIpc) is 2.80. The highest BCUT2D eigenvalue weighted by Crippen LogP contribution is 2.10. The van der Waals surface area contributed by atoms with Crippen LogP contribution in [-0.2, 0) is 13.1 Å². The molecule has 1 aromatic carbocycles. The van der Waals surface area contributed by atoms with E-state index in [1.54, 1.807) is 13.1 Å². The van der Waals surface area contributed by atoms with Crippen molar-refractivity contribution in [2.75, 3.05) is 0 Å². The Morgan fingerprint density at radius 1 is 1.50 bits per heavy atom. The van der Waals surface area contributed by atoms with Gasteiger partial charge in [0, 0.05) is 12.1 Å². The van der Waals surface area contributed by atoms with Crippen molar-refractivity contribution in [2.45, 2.75) is 20.0 Å². The zero-order valence-electron chi connectivity index (χ0n) is 9.93. The first-order valence-corrected chi connectivity index (χ1v) is 5.48. The predicted molar refractivity (Wildman–Crippen MR) is 63.4 cm³/mol. The Bertz CT molecular complexity index is 579. The number of carbonyl (C=O) groups excluding carboxylic acids is 1. The second-order valence-electron chi connectivity index (χ2n) is 4.00. The monoisotopic (exact) mass is 248 g/mol. The van der Waals surface area contributed by atoms with Crippen LogP contribution in [0.1, 0.15) is 21.6 Å². The maximum atomic E-state index is 13.1. The summed E-state index contributed by atoms with van der Waals surface area (Å²) in [6.07, 6.45) is 1.62. The van der Waals surface area contributed by atoms with E-state index in [2.05, 4.69) is 10.3 Å². The normalized spacial score (nSPS) is 10.6. The molecule has 2 aromatic rings. The highest BCUT2D eigenvalue weighted by Gasteiger charge is 2.10. The number of halogens is 1. The number of ketones is 1. The molecule has 0 bridgehead atoms. The Balaban J connectivity index is 2.14. The van der Waals surface area contributed by atoms with Gasteiger partial charge in [0.2, 0.25) is 0 Å². The van der Waals surface area contributed by atoms with E-state index in [0.717, 1.165) is 0 Å². The fourth-order valence-corrected chi connectivity index (χ4v) is 1.57. The summed E-state index contributed by atoms with van der Waals surface area (Å²) in [7, 11) is 0. The number of benzene rings is 1. The van der Waals surface area contributed by atoms with Crippen LogP contribution >= 0.6 is 0 Å². The van der Waals surface area contributed by atoms with Crippen LogP contribution in [-0.4, -0.2) is 20.8 Å². The fourth-order valence-electron chi connectivity index (χ4n) is 1.57. The predicted octanol–water partition coefficient (Wildman–Crippen LogP) is 1.07. The second-order valence-corrected chi connectivity index (χ2v) is 4.00. The minimum Gasteiger partial charge on any atom is -0.325 e. The molecule has 1 heterocycles. The number of aryl methyl sites for hydroxylation is 1. The van der Waals surface area contributed by atoms with Gasteiger partial charge in [0.15, 0.2) is 5.78 Å². The van der Waals surface area contributed by atoms with Gasteiger partial charge in [0.1, 0.15) is 12.4 Å². The Labute approximate surface area is 103 Å². The molecule has 0 aliphatic heterocycles. The first-order chi connectivity index (χ1) is 8.60. The lowest BCUT2D eigenvalue weighted by Gasteiger charge is -2.02. The number of hydrogen-bond donors (Lipinski definition) is 1. The third-order valence-corrected chi connectivity index (χ3v) is 2.58. The van der Waals surface area contributed by atoms with Crippen molar-refractivity contribution in [1.29, 1.82) is 0 Å². The quantitative estimate of drug-likeness (QED) is 0.821. The maximum Gasteiger partial charge on any atom is 0.184 e. The second kappa shape index (κ2) is 5.05. The van der Waals surface area contributed by atoms with Crippen LogP contribution in [0.3, 0.4) is 0 Å². The summed E-state index contributed by atoms with van der Waals surface area (Å²) in [5.41, 5.74) is 6.93. The molecule has 0 saturated heterocycles. The van der Waals surface area contributed by atoms with Crippen LogP contribution in [0.15, 0.2) is 24.4 Å². The zero-order chi connectivity index (χ0) is 13.1. The minimum absolute atomic E-state index is 0.0675. The molecule has 18 heavy (non-hydrogen) atoms. The fraction of sp³-hybridized carbons (Fsp3) is 0.250. The van der Waals surface area contributed by atoms with E-state index in [1.807, 2.05) is 0 Å². The molecule has 2 rings (SSSR count). The average molecular weight is 248 g/mol. The standard InChI is InChI=1S/C12H13FN4O/c1-8-4-9(2-3-11(8)13)12(18)7-17-6-10(5-14)15-16-17/h2-4,6H,5,7,14H2,1H3. The zero-order valence-corrected chi connectivity index (χ0v) is 9.93. The first kappa shape index (κ1) is 12.4. The molecule has 0 fully saturated rings. The van der Waals surface area contributed by atoms with E-state index in [-0.39, 0.29) is 24.7 Å².